The molecule has 26 heavy (non-hydrogen) atoms. The summed E-state index contributed by atoms with van der Waals surface area (Å²) in [6, 6.07) is 8.69. The summed E-state index contributed by atoms with van der Waals surface area (Å²) >= 11 is 0. The van der Waals surface area contributed by atoms with Crippen molar-refractivity contribution in [2.75, 3.05) is 11.4 Å². The molecule has 1 aliphatic carbocycles. The maximum Gasteiger partial charge on any atom is 0.254 e. The average molecular weight is 350 g/mol. The molecule has 0 unspecified atom stereocenters. The monoisotopic (exact) mass is 350 g/mol. The molecule has 1 aliphatic heterocycles. The minimum Gasteiger partial charge on any atom is -0.349 e. The number of aryl methyl sites for hydroxylation is 1. The predicted octanol–water partition coefficient (Wildman–Crippen LogP) is 4.01. The van der Waals surface area contributed by atoms with E-state index in [2.05, 4.69) is 38.4 Å². The molecule has 5 nitrogen and oxygen atoms in total. The molecule has 1 N–H and O–H groups in total. The van der Waals surface area contributed by atoms with Crippen molar-refractivity contribution in [2.24, 2.45) is 0 Å². The zero-order chi connectivity index (χ0) is 17.8. The number of nitrogens with one attached hydrogen (secondary N) is 1. The van der Waals surface area contributed by atoms with Crippen LogP contribution in [0, 0.1) is 0 Å². The SMILES string of the molecule is O=C(NC1CCCCCC1)c1cnc(N2CCCc3ccccc32)nc1. The van der Waals surface area contributed by atoms with Gasteiger partial charge < -0.3 is 10.2 Å². The van der Waals surface area contributed by atoms with Gasteiger partial charge in [0.25, 0.3) is 5.91 Å². The van der Waals surface area contributed by atoms with E-state index < -0.39 is 0 Å². The number of carbonyl (C=O) groups is 1. The average Bonchev–Trinajstić information content (AvgIpc) is 2.96. The number of rotatable bonds is 3. The molecule has 2 heterocycles. The molecule has 2 aromatic rings. The number of aromatic nitrogens is 2. The quantitative estimate of drug-likeness (QED) is 0.850. The molecule has 4 rings (SSSR count). The standard InChI is InChI=1S/C21H26N4O/c26-20(24-18-10-3-1-2-4-11-18)17-14-22-21(23-15-17)25-13-7-9-16-8-5-6-12-19(16)25/h5-6,8,12,14-15,18H,1-4,7,9-11,13H2,(H,24,26). The third-order valence-corrected chi connectivity index (χ3v) is 5.44. The van der Waals surface area contributed by atoms with Gasteiger partial charge in [0.1, 0.15) is 0 Å². The summed E-state index contributed by atoms with van der Waals surface area (Å²) < 4.78 is 0. The van der Waals surface area contributed by atoms with Crippen LogP contribution >= 0.6 is 0 Å². The van der Waals surface area contributed by atoms with Crippen LogP contribution in [0.4, 0.5) is 11.6 Å². The van der Waals surface area contributed by atoms with Gasteiger partial charge in [0, 0.05) is 30.7 Å². The molecule has 0 spiro atoms. The highest BCUT2D eigenvalue weighted by atomic mass is 16.1. The molecule has 1 saturated carbocycles. The largest absolute Gasteiger partial charge is 0.349 e. The summed E-state index contributed by atoms with van der Waals surface area (Å²) in [5.74, 6) is 0.616. The highest BCUT2D eigenvalue weighted by Gasteiger charge is 2.21. The Morgan fingerprint density at radius 1 is 1.00 bits per heavy atom. The van der Waals surface area contributed by atoms with Crippen LogP contribution in [0.2, 0.25) is 0 Å². The van der Waals surface area contributed by atoms with Crippen molar-refractivity contribution < 1.29 is 4.79 Å². The minimum atomic E-state index is -0.0532. The fraction of sp³-hybridized carbons (Fsp3) is 0.476. The van der Waals surface area contributed by atoms with Gasteiger partial charge in [-0.25, -0.2) is 9.97 Å². The Kier molecular flexibility index (Phi) is 5.14. The third kappa shape index (κ3) is 3.71. The Bertz CT molecular complexity index is 751. The summed E-state index contributed by atoms with van der Waals surface area (Å²) in [7, 11) is 0. The van der Waals surface area contributed by atoms with E-state index in [0.717, 1.165) is 32.2 Å². The summed E-state index contributed by atoms with van der Waals surface area (Å²) in [4.78, 5) is 23.6. The highest BCUT2D eigenvalue weighted by molar-refractivity contribution is 5.93. The van der Waals surface area contributed by atoms with Gasteiger partial charge >= 0.3 is 0 Å². The molecule has 0 radical (unpaired) electrons. The third-order valence-electron chi connectivity index (χ3n) is 5.44. The zero-order valence-electron chi connectivity index (χ0n) is 15.2. The molecule has 0 bridgehead atoms. The van der Waals surface area contributed by atoms with Crippen molar-refractivity contribution in [1.82, 2.24) is 15.3 Å². The van der Waals surface area contributed by atoms with E-state index in [1.807, 2.05) is 6.07 Å². The normalized spacial score (nSPS) is 18.1. The van der Waals surface area contributed by atoms with Gasteiger partial charge in [-0.15, -0.1) is 0 Å². The van der Waals surface area contributed by atoms with E-state index in [9.17, 15) is 4.79 Å². The van der Waals surface area contributed by atoms with Crippen LogP contribution in [0.25, 0.3) is 0 Å². The minimum absolute atomic E-state index is 0.0532. The lowest BCUT2D eigenvalue weighted by Gasteiger charge is -2.29. The van der Waals surface area contributed by atoms with Crippen molar-refractivity contribution in [3.05, 3.63) is 47.8 Å². The molecule has 0 atom stereocenters. The van der Waals surface area contributed by atoms with Gasteiger partial charge in [0.2, 0.25) is 5.95 Å². The number of fused-ring (bicyclic) bond motifs is 1. The first kappa shape index (κ1) is 17.0. The topological polar surface area (TPSA) is 58.1 Å². The Labute approximate surface area is 154 Å². The number of hydrogen-bond acceptors (Lipinski definition) is 4. The van der Waals surface area contributed by atoms with Crippen LogP contribution in [-0.2, 0) is 6.42 Å². The molecule has 2 aliphatic rings. The maximum atomic E-state index is 12.5. The van der Waals surface area contributed by atoms with E-state index in [1.165, 1.54) is 36.9 Å². The van der Waals surface area contributed by atoms with Crippen LogP contribution in [0.3, 0.4) is 0 Å². The van der Waals surface area contributed by atoms with Crippen LogP contribution in [0.1, 0.15) is 60.9 Å². The van der Waals surface area contributed by atoms with E-state index >= 15 is 0 Å². The van der Waals surface area contributed by atoms with Gasteiger partial charge in [0.05, 0.1) is 5.56 Å². The van der Waals surface area contributed by atoms with E-state index in [0.29, 0.717) is 17.6 Å². The zero-order valence-corrected chi connectivity index (χ0v) is 15.2. The van der Waals surface area contributed by atoms with Gasteiger partial charge in [0.15, 0.2) is 0 Å². The van der Waals surface area contributed by atoms with Crippen molar-refractivity contribution in [3.63, 3.8) is 0 Å². The van der Waals surface area contributed by atoms with Crippen LogP contribution in [0.5, 0.6) is 0 Å². The molecular formula is C21H26N4O. The number of nitrogens with zero attached hydrogens (tertiary/aromatic N) is 3. The molecule has 0 saturated heterocycles. The van der Waals surface area contributed by atoms with Crippen molar-refractivity contribution in [2.45, 2.75) is 57.4 Å². The molecule has 1 aromatic carbocycles. The lowest BCUT2D eigenvalue weighted by atomic mass is 10.0. The van der Waals surface area contributed by atoms with E-state index in [1.54, 1.807) is 12.4 Å². The molecule has 1 amide bonds. The summed E-state index contributed by atoms with van der Waals surface area (Å²) in [6.07, 6.45) is 12.6. The second-order valence-corrected chi connectivity index (χ2v) is 7.32. The van der Waals surface area contributed by atoms with Gasteiger partial charge in [-0.2, -0.15) is 0 Å². The van der Waals surface area contributed by atoms with Crippen molar-refractivity contribution in [1.29, 1.82) is 0 Å². The van der Waals surface area contributed by atoms with Crippen LogP contribution in [-0.4, -0.2) is 28.5 Å². The number of hydrogen-bond donors (Lipinski definition) is 1. The Morgan fingerprint density at radius 3 is 2.50 bits per heavy atom. The van der Waals surface area contributed by atoms with Crippen LogP contribution in [0.15, 0.2) is 36.7 Å². The number of carbonyl (C=O) groups excluding carboxylic acids is 1. The fourth-order valence-electron chi connectivity index (χ4n) is 4.01. The highest BCUT2D eigenvalue weighted by Crippen LogP contribution is 2.31. The summed E-state index contributed by atoms with van der Waals surface area (Å²) in [6.45, 7) is 0.907. The number of benzene rings is 1. The Morgan fingerprint density at radius 2 is 1.73 bits per heavy atom. The Balaban J connectivity index is 1.46. The first-order valence-corrected chi connectivity index (χ1v) is 9.79. The number of para-hydroxylation sites is 1. The van der Waals surface area contributed by atoms with Gasteiger partial charge in [-0.1, -0.05) is 43.9 Å². The molecule has 1 fully saturated rings. The lowest BCUT2D eigenvalue weighted by Crippen LogP contribution is -2.34. The van der Waals surface area contributed by atoms with Gasteiger partial charge in [-0.3, -0.25) is 4.79 Å². The summed E-state index contributed by atoms with van der Waals surface area (Å²) in [5.41, 5.74) is 3.05. The number of anilines is 2. The Hall–Kier alpha value is -2.43. The maximum absolute atomic E-state index is 12.5. The van der Waals surface area contributed by atoms with Crippen LogP contribution < -0.4 is 10.2 Å². The first-order chi connectivity index (χ1) is 12.8. The fourth-order valence-corrected chi connectivity index (χ4v) is 4.01. The van der Waals surface area contributed by atoms with Crippen molar-refractivity contribution in [3.8, 4) is 0 Å². The van der Waals surface area contributed by atoms with E-state index in [4.69, 9.17) is 0 Å². The molecule has 5 heteroatoms. The van der Waals surface area contributed by atoms with Crippen molar-refractivity contribution >= 4 is 17.5 Å². The second kappa shape index (κ2) is 7.85. The molecule has 136 valence electrons. The second-order valence-electron chi connectivity index (χ2n) is 7.32. The number of amides is 1. The van der Waals surface area contributed by atoms with E-state index in [-0.39, 0.29) is 5.91 Å². The molecule has 1 aromatic heterocycles. The lowest BCUT2D eigenvalue weighted by molar-refractivity contribution is 0.0932. The molecular weight excluding hydrogens is 324 g/mol. The summed E-state index contributed by atoms with van der Waals surface area (Å²) in [5, 5.41) is 3.16. The van der Waals surface area contributed by atoms with Gasteiger partial charge in [-0.05, 0) is 37.3 Å². The smallest absolute Gasteiger partial charge is 0.254 e. The predicted molar refractivity (Wildman–Crippen MR) is 103 cm³/mol. The first-order valence-electron chi connectivity index (χ1n) is 9.79.